The summed E-state index contributed by atoms with van der Waals surface area (Å²) in [7, 11) is -29.9. The summed E-state index contributed by atoms with van der Waals surface area (Å²) in [5.74, 6) is 0. The second-order valence-electron chi connectivity index (χ2n) is 16.8. The standard InChI is InChI=1S/C24H60O14Si8/c1-21(2,3)25-39(13)29-40(14,26-22(4,5)6)32-44(18)35-43(17,31-39)37-45(19)33-41(15,27-23(7,8)9)30-42(16,28-24(10,11)12)34-46(20,36-45)38-44/h1-20H3/t39-,40-,41+,42+,43-,44+,45-,46+. The topological polar surface area (TPSA) is 129 Å². The third-order valence-corrected chi connectivity index (χ3v) is 39.3. The molecule has 0 saturated carbocycles. The van der Waals surface area contributed by atoms with Crippen LogP contribution in [0, 0.1) is 0 Å². The Bertz CT molecular complexity index is 968. The zero-order valence-corrected chi connectivity index (χ0v) is 39.7. The first-order valence-corrected chi connectivity index (χ1v) is 33.5. The van der Waals surface area contributed by atoms with Crippen molar-refractivity contribution in [2.45, 2.75) is 158 Å². The van der Waals surface area contributed by atoms with Gasteiger partial charge in [0.1, 0.15) is 0 Å². The molecule has 0 unspecified atom stereocenters. The van der Waals surface area contributed by atoms with E-state index in [-0.39, 0.29) is 0 Å². The van der Waals surface area contributed by atoms with E-state index in [0.29, 0.717) is 0 Å². The average Bonchev–Trinajstić information content (AvgIpc) is 2.52. The van der Waals surface area contributed by atoms with E-state index in [9.17, 15) is 0 Å². The molecule has 0 amide bonds. The molecule has 0 aromatic heterocycles. The highest BCUT2D eigenvalue weighted by molar-refractivity contribution is 6.97. The van der Waals surface area contributed by atoms with Gasteiger partial charge in [-0.15, -0.1) is 0 Å². The second kappa shape index (κ2) is 12.4. The van der Waals surface area contributed by atoms with Gasteiger partial charge in [-0.05, 0) is 83.1 Å². The molecule has 3 rings (SSSR count). The minimum atomic E-state index is -3.84. The van der Waals surface area contributed by atoms with Crippen LogP contribution in [-0.4, -0.2) is 92.8 Å². The average molecular weight is 797 g/mol. The van der Waals surface area contributed by atoms with Crippen molar-refractivity contribution < 1.29 is 58.9 Å². The highest BCUT2D eigenvalue weighted by Crippen LogP contribution is 2.44. The zero-order valence-electron chi connectivity index (χ0n) is 31.7. The number of rotatable bonds is 4. The summed E-state index contributed by atoms with van der Waals surface area (Å²) in [6.07, 6.45) is 0. The molecule has 3 aliphatic heterocycles. The molecule has 4 bridgehead atoms. The number of fused-ring (bicyclic) bond motifs is 4. The van der Waals surface area contributed by atoms with Crippen LogP contribution in [0.1, 0.15) is 83.1 Å². The molecule has 46 heavy (non-hydrogen) atoms. The van der Waals surface area contributed by atoms with E-state index in [1.54, 1.807) is 52.4 Å². The van der Waals surface area contributed by atoms with Gasteiger partial charge in [0.25, 0.3) is 0 Å². The van der Waals surface area contributed by atoms with E-state index in [4.69, 9.17) is 58.9 Å². The highest BCUT2D eigenvalue weighted by Gasteiger charge is 2.73. The molecule has 272 valence electrons. The lowest BCUT2D eigenvalue weighted by Gasteiger charge is -2.55. The van der Waals surface area contributed by atoms with E-state index < -0.39 is 92.8 Å². The van der Waals surface area contributed by atoms with Crippen molar-refractivity contribution in [1.82, 2.24) is 0 Å². The lowest BCUT2D eigenvalue weighted by molar-refractivity contribution is -0.0357. The van der Waals surface area contributed by atoms with Crippen LogP contribution < -0.4 is 0 Å². The molecule has 0 spiro atoms. The molecule has 0 N–H and O–H groups in total. The Labute approximate surface area is 286 Å². The van der Waals surface area contributed by atoms with Crippen molar-refractivity contribution in [3.8, 4) is 0 Å². The maximum Gasteiger partial charge on any atom is 0.483 e. The summed E-state index contributed by atoms with van der Waals surface area (Å²) in [6.45, 7) is 37.3. The molecule has 22 heteroatoms. The quantitative estimate of drug-likeness (QED) is 0.308. The van der Waals surface area contributed by atoms with Gasteiger partial charge in [0.05, 0.1) is 22.4 Å². The Morgan fingerprint density at radius 2 is 0.413 bits per heavy atom. The first-order chi connectivity index (χ1) is 19.9. The van der Waals surface area contributed by atoms with Crippen molar-refractivity contribution in [2.75, 3.05) is 0 Å². The number of hydrogen-bond donors (Lipinski definition) is 0. The Hall–Kier alpha value is 1.18. The summed E-state index contributed by atoms with van der Waals surface area (Å²) < 4.78 is 94.7. The smallest absolute Gasteiger partial charge is 0.374 e. The van der Waals surface area contributed by atoms with Crippen LogP contribution in [0.4, 0.5) is 0 Å². The second-order valence-corrected chi connectivity index (χ2v) is 39.6. The maximum absolute atomic E-state index is 6.88. The largest absolute Gasteiger partial charge is 0.483 e. The molecule has 3 saturated heterocycles. The SMILES string of the molecule is CC(C)(C)O[Si@@]1(C)O[Si@](C)(OC(C)(C)C)O[Si@]2(C)O[Si@](C)(O1)O[Si@@]1(C)O[Si@](C)(OC(C)(C)C)O[Si@@](C)(OC(C)(C)C)O[Si@@](C)(O2)O1. The molecule has 3 fully saturated rings. The summed E-state index contributed by atoms with van der Waals surface area (Å²) in [5, 5.41) is 0. The van der Waals surface area contributed by atoms with Crippen LogP contribution in [0.5, 0.6) is 0 Å². The highest BCUT2D eigenvalue weighted by atomic mass is 28.6. The van der Waals surface area contributed by atoms with Crippen molar-refractivity contribution in [1.29, 1.82) is 0 Å². The lowest BCUT2D eigenvalue weighted by atomic mass is 10.2. The van der Waals surface area contributed by atoms with Crippen LogP contribution >= 0.6 is 0 Å². The Kier molecular flexibility index (Phi) is 11.2. The fourth-order valence-corrected chi connectivity index (χ4v) is 47.5. The summed E-state index contributed by atoms with van der Waals surface area (Å²) in [4.78, 5) is 0. The Morgan fingerprint density at radius 1 is 0.261 bits per heavy atom. The molecule has 0 aromatic carbocycles. The molecular weight excluding hydrogens is 737 g/mol. The summed E-state index contributed by atoms with van der Waals surface area (Å²) >= 11 is 0. The Balaban J connectivity index is 2.25. The van der Waals surface area contributed by atoms with Gasteiger partial charge in [-0.2, -0.15) is 0 Å². The van der Waals surface area contributed by atoms with E-state index in [1.165, 1.54) is 0 Å². The molecular formula is C24H60O14Si8. The van der Waals surface area contributed by atoms with E-state index >= 15 is 0 Å². The van der Waals surface area contributed by atoms with Crippen molar-refractivity contribution in [2.24, 2.45) is 0 Å². The van der Waals surface area contributed by atoms with Gasteiger partial charge in [-0.25, -0.2) is 0 Å². The monoisotopic (exact) mass is 796 g/mol. The van der Waals surface area contributed by atoms with Crippen LogP contribution in [0.15, 0.2) is 0 Å². The van der Waals surface area contributed by atoms with E-state index in [2.05, 4.69) is 0 Å². The molecule has 0 aromatic rings. The fourth-order valence-electron chi connectivity index (χ4n) is 6.09. The predicted octanol–water partition coefficient (Wildman–Crippen LogP) is 6.00. The van der Waals surface area contributed by atoms with Crippen molar-refractivity contribution in [3.05, 3.63) is 0 Å². The summed E-state index contributed by atoms with van der Waals surface area (Å²) in [5.41, 5.74) is -2.57. The molecule has 0 aliphatic carbocycles. The normalized spacial score (nSPS) is 45.1. The van der Waals surface area contributed by atoms with Gasteiger partial charge >= 0.3 is 70.4 Å². The molecule has 8 atom stereocenters. The van der Waals surface area contributed by atoms with E-state index in [0.717, 1.165) is 0 Å². The molecule has 14 nitrogen and oxygen atoms in total. The zero-order chi connectivity index (χ0) is 35.9. The predicted molar refractivity (Wildman–Crippen MR) is 187 cm³/mol. The van der Waals surface area contributed by atoms with Crippen molar-refractivity contribution in [3.63, 3.8) is 0 Å². The maximum atomic E-state index is 6.88. The number of hydrogen-bond acceptors (Lipinski definition) is 14. The van der Waals surface area contributed by atoms with Crippen LogP contribution in [0.3, 0.4) is 0 Å². The molecule has 3 aliphatic rings. The van der Waals surface area contributed by atoms with Gasteiger partial charge in [0.2, 0.25) is 0 Å². The summed E-state index contributed by atoms with van der Waals surface area (Å²) in [6, 6.07) is 0. The third-order valence-electron chi connectivity index (χ3n) is 5.67. The van der Waals surface area contributed by atoms with Gasteiger partial charge in [-0.3, -0.25) is 0 Å². The van der Waals surface area contributed by atoms with Gasteiger partial charge in [0.15, 0.2) is 0 Å². The molecule has 3 heterocycles. The van der Waals surface area contributed by atoms with Gasteiger partial charge in [-0.1, -0.05) is 0 Å². The van der Waals surface area contributed by atoms with Crippen molar-refractivity contribution >= 4 is 70.4 Å². The van der Waals surface area contributed by atoms with E-state index in [1.807, 2.05) is 83.1 Å². The van der Waals surface area contributed by atoms with Crippen LogP contribution in [0.25, 0.3) is 0 Å². The molecule has 0 radical (unpaired) electrons. The third kappa shape index (κ3) is 12.2. The van der Waals surface area contributed by atoms with Crippen LogP contribution in [0.2, 0.25) is 52.4 Å². The Morgan fingerprint density at radius 3 is 0.543 bits per heavy atom. The minimum absolute atomic E-state index is 0.642. The fraction of sp³-hybridized carbons (Fsp3) is 1.00. The lowest BCUT2D eigenvalue weighted by Crippen LogP contribution is -2.80. The minimum Gasteiger partial charge on any atom is -0.374 e. The van der Waals surface area contributed by atoms with Gasteiger partial charge < -0.3 is 58.9 Å². The van der Waals surface area contributed by atoms with Crippen LogP contribution in [-0.2, 0) is 58.9 Å². The first-order valence-electron chi connectivity index (χ1n) is 15.7. The first kappa shape index (κ1) is 41.6. The van der Waals surface area contributed by atoms with Gasteiger partial charge in [0, 0.05) is 52.4 Å².